The molecule has 1 heterocycles. The fraction of sp³-hybridized carbons (Fsp3) is 0.174. The lowest BCUT2D eigenvalue weighted by Gasteiger charge is -2.40. The number of carbonyl (C=O) groups is 1. The number of hydrogen-bond acceptors (Lipinski definition) is 2. The largest absolute Gasteiger partial charge is 0.378 e. The summed E-state index contributed by atoms with van der Waals surface area (Å²) in [7, 11) is 0. The zero-order valence-corrected chi connectivity index (χ0v) is 15.9. The predicted molar refractivity (Wildman–Crippen MR) is 112 cm³/mol. The second-order valence-corrected chi connectivity index (χ2v) is 7.33. The van der Waals surface area contributed by atoms with Gasteiger partial charge in [0.25, 0.3) is 5.91 Å². The predicted octanol–water partition coefficient (Wildman–Crippen LogP) is 5.93. The van der Waals surface area contributed by atoms with Crippen molar-refractivity contribution in [1.82, 2.24) is 0 Å². The van der Waals surface area contributed by atoms with Gasteiger partial charge in [0, 0.05) is 28.0 Å². The van der Waals surface area contributed by atoms with Gasteiger partial charge in [-0.3, -0.25) is 4.79 Å². The van der Waals surface area contributed by atoms with Crippen LogP contribution in [0.2, 0.25) is 5.02 Å². The number of benzene rings is 3. The molecule has 0 bridgehead atoms. The molecule has 1 aliphatic heterocycles. The summed E-state index contributed by atoms with van der Waals surface area (Å²) in [5, 5.41) is 4.19. The minimum absolute atomic E-state index is 0.0180. The second kappa shape index (κ2) is 7.45. The Labute approximate surface area is 164 Å². The molecule has 0 fully saturated rings. The van der Waals surface area contributed by atoms with Crippen LogP contribution in [-0.2, 0) is 0 Å². The minimum atomic E-state index is -0.0180. The van der Waals surface area contributed by atoms with E-state index in [0.717, 1.165) is 23.4 Å². The molecule has 3 nitrogen and oxygen atoms in total. The van der Waals surface area contributed by atoms with E-state index in [9.17, 15) is 4.79 Å². The van der Waals surface area contributed by atoms with Gasteiger partial charge in [-0.15, -0.1) is 0 Å². The normalized spacial score (nSPS) is 18.7. The topological polar surface area (TPSA) is 32.3 Å². The van der Waals surface area contributed by atoms with Gasteiger partial charge in [0.2, 0.25) is 0 Å². The molecule has 0 aliphatic carbocycles. The van der Waals surface area contributed by atoms with Crippen LogP contribution in [0.3, 0.4) is 0 Å². The number of carbonyl (C=O) groups excluding carboxylic acids is 1. The van der Waals surface area contributed by atoms with Crippen molar-refractivity contribution in [1.29, 1.82) is 0 Å². The third-order valence-corrected chi connectivity index (χ3v) is 5.23. The van der Waals surface area contributed by atoms with Gasteiger partial charge >= 0.3 is 0 Å². The smallest absolute Gasteiger partial charge is 0.258 e. The lowest BCUT2D eigenvalue weighted by Crippen LogP contribution is -2.44. The number of amides is 1. The molecular formula is C23H21ClN2O. The fourth-order valence-electron chi connectivity index (χ4n) is 3.75. The van der Waals surface area contributed by atoms with E-state index >= 15 is 0 Å². The number of nitrogens with one attached hydrogen (secondary N) is 1. The Kier molecular flexibility index (Phi) is 4.87. The Morgan fingerprint density at radius 3 is 2.52 bits per heavy atom. The third kappa shape index (κ3) is 3.56. The van der Waals surface area contributed by atoms with Gasteiger partial charge in [-0.25, -0.2) is 0 Å². The number of hydrogen-bond donors (Lipinski definition) is 1. The molecule has 0 radical (unpaired) electrons. The molecule has 4 heteroatoms. The van der Waals surface area contributed by atoms with Crippen LogP contribution < -0.4 is 10.2 Å². The van der Waals surface area contributed by atoms with Crippen LogP contribution in [0.4, 0.5) is 11.4 Å². The molecule has 136 valence electrons. The van der Waals surface area contributed by atoms with E-state index in [0.29, 0.717) is 10.6 Å². The van der Waals surface area contributed by atoms with Gasteiger partial charge in [-0.05, 0) is 55.3 Å². The van der Waals surface area contributed by atoms with Crippen molar-refractivity contribution in [3.05, 3.63) is 95.0 Å². The van der Waals surface area contributed by atoms with Gasteiger partial charge < -0.3 is 10.2 Å². The summed E-state index contributed by atoms with van der Waals surface area (Å²) >= 11 is 6.10. The lowest BCUT2D eigenvalue weighted by atomic mass is 9.90. The highest BCUT2D eigenvalue weighted by molar-refractivity contribution is 6.31. The molecule has 27 heavy (non-hydrogen) atoms. The fourth-order valence-corrected chi connectivity index (χ4v) is 3.95. The van der Waals surface area contributed by atoms with Gasteiger partial charge in [0.1, 0.15) is 0 Å². The van der Waals surface area contributed by atoms with Crippen LogP contribution in [0, 0.1) is 0 Å². The highest BCUT2D eigenvalue weighted by Gasteiger charge is 2.34. The van der Waals surface area contributed by atoms with Crippen molar-refractivity contribution in [2.24, 2.45) is 0 Å². The molecule has 0 saturated carbocycles. The molecule has 3 aromatic carbocycles. The summed E-state index contributed by atoms with van der Waals surface area (Å²) in [6.07, 6.45) is 0.832. The number of fused-ring (bicyclic) bond motifs is 1. The first-order valence-corrected chi connectivity index (χ1v) is 9.51. The van der Waals surface area contributed by atoms with E-state index in [4.69, 9.17) is 11.6 Å². The van der Waals surface area contributed by atoms with Crippen LogP contribution in [0.15, 0.2) is 78.9 Å². The number of para-hydroxylation sites is 2. The molecular weight excluding hydrogens is 356 g/mol. The Hall–Kier alpha value is -2.78. The Bertz CT molecular complexity index is 957. The molecule has 0 saturated heterocycles. The van der Waals surface area contributed by atoms with E-state index in [1.54, 1.807) is 12.1 Å². The summed E-state index contributed by atoms with van der Waals surface area (Å²) in [6.45, 7) is 2.10. The Morgan fingerprint density at radius 1 is 1.00 bits per heavy atom. The zero-order valence-electron chi connectivity index (χ0n) is 15.1. The van der Waals surface area contributed by atoms with E-state index in [1.165, 1.54) is 0 Å². The zero-order chi connectivity index (χ0) is 18.8. The van der Waals surface area contributed by atoms with Crippen LogP contribution in [0.5, 0.6) is 0 Å². The minimum Gasteiger partial charge on any atom is -0.378 e. The van der Waals surface area contributed by atoms with Crippen LogP contribution in [0.25, 0.3) is 0 Å². The van der Waals surface area contributed by atoms with Gasteiger partial charge in [-0.1, -0.05) is 54.1 Å². The molecule has 1 N–H and O–H groups in total. The molecule has 2 atom stereocenters. The highest BCUT2D eigenvalue weighted by atomic mass is 35.5. The molecule has 3 aromatic rings. The SMILES string of the molecule is CC1CC(Nc2ccccc2)c2ccccc2N1C(=O)c1cccc(Cl)c1. The number of rotatable bonds is 3. The van der Waals surface area contributed by atoms with Crippen molar-refractivity contribution in [3.63, 3.8) is 0 Å². The summed E-state index contributed by atoms with van der Waals surface area (Å²) in [6, 6.07) is 25.7. The summed E-state index contributed by atoms with van der Waals surface area (Å²) in [4.78, 5) is 15.1. The number of nitrogens with zero attached hydrogens (tertiary/aromatic N) is 1. The molecule has 4 rings (SSSR count). The maximum Gasteiger partial charge on any atom is 0.258 e. The highest BCUT2D eigenvalue weighted by Crippen LogP contribution is 2.39. The quantitative estimate of drug-likeness (QED) is 0.614. The molecule has 1 aliphatic rings. The van der Waals surface area contributed by atoms with E-state index in [-0.39, 0.29) is 18.0 Å². The Morgan fingerprint density at radius 2 is 1.74 bits per heavy atom. The van der Waals surface area contributed by atoms with Gasteiger partial charge in [-0.2, -0.15) is 0 Å². The summed E-state index contributed by atoms with van der Waals surface area (Å²) in [5.41, 5.74) is 3.78. The lowest BCUT2D eigenvalue weighted by molar-refractivity contribution is 0.0974. The van der Waals surface area contributed by atoms with Crippen molar-refractivity contribution in [2.75, 3.05) is 10.2 Å². The maximum absolute atomic E-state index is 13.2. The molecule has 0 aromatic heterocycles. The molecule has 0 spiro atoms. The summed E-state index contributed by atoms with van der Waals surface area (Å²) < 4.78 is 0. The van der Waals surface area contributed by atoms with Crippen molar-refractivity contribution >= 4 is 28.9 Å². The van der Waals surface area contributed by atoms with Crippen LogP contribution in [0.1, 0.15) is 35.3 Å². The first-order valence-electron chi connectivity index (χ1n) is 9.13. The average Bonchev–Trinajstić information content (AvgIpc) is 2.68. The average molecular weight is 377 g/mol. The monoisotopic (exact) mass is 376 g/mol. The van der Waals surface area contributed by atoms with Crippen molar-refractivity contribution in [2.45, 2.75) is 25.4 Å². The molecule has 1 amide bonds. The van der Waals surface area contributed by atoms with Gasteiger partial charge in [0.15, 0.2) is 0 Å². The van der Waals surface area contributed by atoms with E-state index < -0.39 is 0 Å². The van der Waals surface area contributed by atoms with Crippen LogP contribution >= 0.6 is 11.6 Å². The van der Waals surface area contributed by atoms with E-state index in [2.05, 4.69) is 30.4 Å². The maximum atomic E-state index is 13.2. The van der Waals surface area contributed by atoms with Gasteiger partial charge in [0.05, 0.1) is 6.04 Å². The van der Waals surface area contributed by atoms with Crippen molar-refractivity contribution in [3.8, 4) is 0 Å². The first kappa shape index (κ1) is 17.6. The second-order valence-electron chi connectivity index (χ2n) is 6.89. The first-order chi connectivity index (χ1) is 13.1. The molecule has 2 unspecified atom stereocenters. The standard InChI is InChI=1S/C23H21ClN2O/c1-16-14-21(25-19-10-3-2-4-11-19)20-12-5-6-13-22(20)26(16)23(27)17-8-7-9-18(24)15-17/h2-13,15-16,21,25H,14H2,1H3. The third-order valence-electron chi connectivity index (χ3n) is 4.99. The van der Waals surface area contributed by atoms with Crippen molar-refractivity contribution < 1.29 is 4.79 Å². The van der Waals surface area contributed by atoms with Crippen LogP contribution in [-0.4, -0.2) is 11.9 Å². The Balaban J connectivity index is 1.70. The number of halogens is 1. The summed E-state index contributed by atoms with van der Waals surface area (Å²) in [5.74, 6) is -0.0180. The number of anilines is 2. The van der Waals surface area contributed by atoms with E-state index in [1.807, 2.05) is 53.4 Å².